The van der Waals surface area contributed by atoms with Gasteiger partial charge in [-0.3, -0.25) is 9.59 Å². The lowest BCUT2D eigenvalue weighted by Crippen LogP contribution is -2.55. The van der Waals surface area contributed by atoms with Gasteiger partial charge < -0.3 is 20.3 Å². The Hall–Kier alpha value is -2.80. The van der Waals surface area contributed by atoms with Crippen LogP contribution in [0.25, 0.3) is 0 Å². The zero-order valence-electron chi connectivity index (χ0n) is 20.2. The van der Waals surface area contributed by atoms with Crippen LogP contribution in [0.5, 0.6) is 5.75 Å². The van der Waals surface area contributed by atoms with Crippen molar-refractivity contribution in [3.63, 3.8) is 0 Å². The third kappa shape index (κ3) is 5.46. The molecule has 0 aliphatic carbocycles. The molecule has 1 aromatic heterocycles. The van der Waals surface area contributed by atoms with Gasteiger partial charge in [-0.25, -0.2) is 4.98 Å². The third-order valence-electron chi connectivity index (χ3n) is 6.50. The lowest BCUT2D eigenvalue weighted by molar-refractivity contribution is -0.135. The molecule has 2 aliphatic rings. The number of ether oxygens (including phenoxy) is 1. The number of nitrogens with zero attached hydrogens (tertiary/aromatic N) is 2. The summed E-state index contributed by atoms with van der Waals surface area (Å²) in [6.45, 7) is 7.43. The summed E-state index contributed by atoms with van der Waals surface area (Å²) in [6.07, 6.45) is 5.50. The molecule has 4 rings (SSSR count). The first kappa shape index (κ1) is 24.3. The first-order valence-corrected chi connectivity index (χ1v) is 12.3. The molecule has 2 amide bonds. The number of carbonyl (C=O) groups excluding carboxylic acids is 2. The van der Waals surface area contributed by atoms with E-state index in [2.05, 4.69) is 20.5 Å². The van der Waals surface area contributed by atoms with E-state index < -0.39 is 5.60 Å². The Balaban J connectivity index is 1.36. The van der Waals surface area contributed by atoms with Gasteiger partial charge in [0.1, 0.15) is 11.6 Å². The van der Waals surface area contributed by atoms with E-state index in [1.807, 2.05) is 26.0 Å². The van der Waals surface area contributed by atoms with Gasteiger partial charge in [0.05, 0.1) is 5.56 Å². The molecule has 7 nitrogen and oxygen atoms in total. The van der Waals surface area contributed by atoms with E-state index >= 15 is 0 Å². The number of aromatic nitrogens is 1. The number of hydrogen-bond acceptors (Lipinski definition) is 5. The molecule has 0 radical (unpaired) electrons. The summed E-state index contributed by atoms with van der Waals surface area (Å²) in [7, 11) is 0. The Bertz CT molecular complexity index is 1010. The number of anilines is 1. The fourth-order valence-corrected chi connectivity index (χ4v) is 5.02. The van der Waals surface area contributed by atoms with Crippen molar-refractivity contribution in [2.24, 2.45) is 0 Å². The highest BCUT2D eigenvalue weighted by atomic mass is 35.5. The standard InChI is InChI=1S/C26H33ClN4O3/c1-16(2)29-24(32)17-5-12-23(28-15-17)31-20-8-9-21(31)14-19(13-20)30-25(33)26(3,4)34-22-10-6-18(27)7-11-22/h5-7,10-12,15-16,19-21H,8-9,13-14H2,1-4H3,(H,29,32)(H,30,33). The van der Waals surface area contributed by atoms with E-state index in [1.165, 1.54) is 0 Å². The Morgan fingerprint density at radius 3 is 2.29 bits per heavy atom. The van der Waals surface area contributed by atoms with Crippen LogP contribution in [-0.4, -0.2) is 46.6 Å². The SMILES string of the molecule is CC(C)NC(=O)c1ccc(N2C3CCC2CC(NC(=O)C(C)(C)Oc2ccc(Cl)cc2)C3)nc1. The molecule has 8 heteroatoms. The largest absolute Gasteiger partial charge is 0.478 e. The highest BCUT2D eigenvalue weighted by molar-refractivity contribution is 6.30. The Morgan fingerprint density at radius 1 is 1.09 bits per heavy atom. The van der Waals surface area contributed by atoms with Gasteiger partial charge in [-0.05, 0) is 89.8 Å². The minimum Gasteiger partial charge on any atom is -0.478 e. The van der Waals surface area contributed by atoms with Gasteiger partial charge in [0.25, 0.3) is 11.8 Å². The van der Waals surface area contributed by atoms with Crippen LogP contribution in [0, 0.1) is 0 Å². The topological polar surface area (TPSA) is 83.6 Å². The molecule has 0 spiro atoms. The predicted molar refractivity (Wildman–Crippen MR) is 133 cm³/mol. The van der Waals surface area contributed by atoms with Crippen LogP contribution in [0.3, 0.4) is 0 Å². The molecule has 2 N–H and O–H groups in total. The number of hydrogen-bond donors (Lipinski definition) is 2. The van der Waals surface area contributed by atoms with Crippen LogP contribution in [0.4, 0.5) is 5.82 Å². The maximum atomic E-state index is 13.0. The van der Waals surface area contributed by atoms with Gasteiger partial charge in [-0.2, -0.15) is 0 Å². The summed E-state index contributed by atoms with van der Waals surface area (Å²) in [4.78, 5) is 32.2. The summed E-state index contributed by atoms with van der Waals surface area (Å²) < 4.78 is 5.95. The van der Waals surface area contributed by atoms with Gasteiger partial charge in [-0.15, -0.1) is 0 Å². The van der Waals surface area contributed by atoms with E-state index in [4.69, 9.17) is 16.3 Å². The molecule has 2 saturated heterocycles. The molecule has 0 saturated carbocycles. The summed E-state index contributed by atoms with van der Waals surface area (Å²) in [5, 5.41) is 6.73. The number of pyridine rings is 1. The van der Waals surface area contributed by atoms with Crippen LogP contribution in [0.2, 0.25) is 5.02 Å². The molecule has 2 unspecified atom stereocenters. The first-order chi connectivity index (χ1) is 16.1. The van der Waals surface area contributed by atoms with Crippen LogP contribution in [0.1, 0.15) is 63.7 Å². The summed E-state index contributed by atoms with van der Waals surface area (Å²) in [5.74, 6) is 1.27. The lowest BCUT2D eigenvalue weighted by Gasteiger charge is -2.40. The van der Waals surface area contributed by atoms with E-state index in [1.54, 1.807) is 44.3 Å². The number of rotatable bonds is 7. The van der Waals surface area contributed by atoms with E-state index in [-0.39, 0.29) is 23.9 Å². The van der Waals surface area contributed by atoms with Crippen molar-refractivity contribution in [2.75, 3.05) is 4.90 Å². The molecule has 182 valence electrons. The molecule has 1 aromatic carbocycles. The van der Waals surface area contributed by atoms with Crippen molar-refractivity contribution in [1.82, 2.24) is 15.6 Å². The van der Waals surface area contributed by atoms with Crippen molar-refractivity contribution in [3.8, 4) is 5.75 Å². The second kappa shape index (κ2) is 9.82. The quantitative estimate of drug-likeness (QED) is 0.610. The van der Waals surface area contributed by atoms with Crippen LogP contribution >= 0.6 is 11.6 Å². The number of halogens is 1. The number of carbonyl (C=O) groups is 2. The van der Waals surface area contributed by atoms with E-state index in [9.17, 15) is 9.59 Å². The zero-order valence-corrected chi connectivity index (χ0v) is 20.9. The highest BCUT2D eigenvalue weighted by Crippen LogP contribution is 2.38. The van der Waals surface area contributed by atoms with Gasteiger partial charge in [0, 0.05) is 35.4 Å². The number of fused-ring (bicyclic) bond motifs is 2. The fourth-order valence-electron chi connectivity index (χ4n) is 4.89. The molecule has 2 bridgehead atoms. The smallest absolute Gasteiger partial charge is 0.263 e. The number of piperidine rings is 1. The summed E-state index contributed by atoms with van der Waals surface area (Å²) in [5.41, 5.74) is -0.437. The maximum absolute atomic E-state index is 13.0. The van der Waals surface area contributed by atoms with Crippen LogP contribution < -0.4 is 20.3 Å². The number of benzene rings is 1. The van der Waals surface area contributed by atoms with E-state index in [0.29, 0.717) is 28.4 Å². The fraction of sp³-hybridized carbons (Fsp3) is 0.500. The molecule has 3 heterocycles. The monoisotopic (exact) mass is 484 g/mol. The van der Waals surface area contributed by atoms with Gasteiger partial charge in [-0.1, -0.05) is 11.6 Å². The minimum atomic E-state index is -1.00. The van der Waals surface area contributed by atoms with Crippen LogP contribution in [-0.2, 0) is 4.79 Å². The summed E-state index contributed by atoms with van der Waals surface area (Å²) in [6, 6.07) is 11.6. The molecule has 2 atom stereocenters. The van der Waals surface area contributed by atoms with Gasteiger partial charge in [0.2, 0.25) is 0 Å². The van der Waals surface area contributed by atoms with Gasteiger partial charge >= 0.3 is 0 Å². The predicted octanol–water partition coefficient (Wildman–Crippen LogP) is 4.35. The van der Waals surface area contributed by atoms with Crippen molar-refractivity contribution < 1.29 is 14.3 Å². The normalized spacial score (nSPS) is 21.9. The Labute approximate surface area is 206 Å². The average Bonchev–Trinajstić information content (AvgIpc) is 3.05. The van der Waals surface area contributed by atoms with Crippen molar-refractivity contribution in [2.45, 2.75) is 83.1 Å². The average molecular weight is 485 g/mol. The van der Waals surface area contributed by atoms with Crippen molar-refractivity contribution in [1.29, 1.82) is 0 Å². The molecule has 2 aliphatic heterocycles. The molecular weight excluding hydrogens is 452 g/mol. The molecule has 2 fully saturated rings. The molecular formula is C26H33ClN4O3. The first-order valence-electron chi connectivity index (χ1n) is 11.9. The highest BCUT2D eigenvalue weighted by Gasteiger charge is 2.43. The third-order valence-corrected chi connectivity index (χ3v) is 6.75. The second-order valence-electron chi connectivity index (χ2n) is 10.0. The van der Waals surface area contributed by atoms with Crippen LogP contribution in [0.15, 0.2) is 42.6 Å². The molecule has 34 heavy (non-hydrogen) atoms. The second-order valence-corrected chi connectivity index (χ2v) is 10.5. The minimum absolute atomic E-state index is 0.0822. The van der Waals surface area contributed by atoms with Crippen molar-refractivity contribution >= 4 is 29.2 Å². The summed E-state index contributed by atoms with van der Waals surface area (Å²) >= 11 is 5.94. The van der Waals surface area contributed by atoms with Crippen molar-refractivity contribution in [3.05, 3.63) is 53.2 Å². The number of nitrogens with one attached hydrogen (secondary N) is 2. The zero-order chi connectivity index (χ0) is 24.5. The maximum Gasteiger partial charge on any atom is 0.263 e. The van der Waals surface area contributed by atoms with E-state index in [0.717, 1.165) is 31.5 Å². The van der Waals surface area contributed by atoms with Gasteiger partial charge in [0.15, 0.2) is 5.60 Å². The Morgan fingerprint density at radius 2 is 1.74 bits per heavy atom. The Kier molecular flexibility index (Phi) is 7.03. The lowest BCUT2D eigenvalue weighted by atomic mass is 9.96. The number of amides is 2. The molecule has 2 aromatic rings.